The van der Waals surface area contributed by atoms with Crippen molar-refractivity contribution in [3.05, 3.63) is 54.6 Å². The molecule has 0 radical (unpaired) electrons. The van der Waals surface area contributed by atoms with Gasteiger partial charge in [-0.15, -0.1) is 5.10 Å². The molecule has 0 aliphatic rings. The van der Waals surface area contributed by atoms with Gasteiger partial charge in [-0.25, -0.2) is 9.67 Å². The van der Waals surface area contributed by atoms with Gasteiger partial charge >= 0.3 is 0 Å². The molecule has 142 valence electrons. The maximum absolute atomic E-state index is 6.51. The molecule has 28 heavy (non-hydrogen) atoms. The van der Waals surface area contributed by atoms with Crippen LogP contribution in [0.2, 0.25) is 0 Å². The van der Waals surface area contributed by atoms with Crippen molar-refractivity contribution in [3.8, 4) is 22.7 Å². The highest BCUT2D eigenvalue weighted by molar-refractivity contribution is 5.99. The number of rotatable bonds is 5. The molecule has 0 atom stereocenters. The molecule has 7 heteroatoms. The minimum Gasteiger partial charge on any atom is -0.497 e. The van der Waals surface area contributed by atoms with Gasteiger partial charge in [-0.2, -0.15) is 4.98 Å². The van der Waals surface area contributed by atoms with Crippen molar-refractivity contribution >= 4 is 22.8 Å². The molecule has 2 aromatic heterocycles. The summed E-state index contributed by atoms with van der Waals surface area (Å²) in [6.45, 7) is 2.84. The van der Waals surface area contributed by atoms with Crippen LogP contribution in [0.5, 0.6) is 5.75 Å². The van der Waals surface area contributed by atoms with Crippen LogP contribution in [-0.2, 0) is 0 Å². The quantitative estimate of drug-likeness (QED) is 0.575. The van der Waals surface area contributed by atoms with Crippen LogP contribution in [-0.4, -0.2) is 40.5 Å². The van der Waals surface area contributed by atoms with E-state index in [1.807, 2.05) is 66.5 Å². The molecule has 0 saturated heterocycles. The molecule has 4 aromatic rings. The van der Waals surface area contributed by atoms with Crippen molar-refractivity contribution in [1.82, 2.24) is 19.7 Å². The Morgan fingerprint density at radius 1 is 1.04 bits per heavy atom. The van der Waals surface area contributed by atoms with Crippen LogP contribution in [0, 0.1) is 0 Å². The molecule has 0 fully saturated rings. The topological polar surface area (TPSA) is 82.1 Å². The number of nitrogens with two attached hydrogens (primary N) is 1. The second kappa shape index (κ2) is 7.19. The van der Waals surface area contributed by atoms with Gasteiger partial charge in [0.05, 0.1) is 23.9 Å². The van der Waals surface area contributed by atoms with Crippen LogP contribution in [0.25, 0.3) is 28.0 Å². The van der Waals surface area contributed by atoms with E-state index in [-0.39, 0.29) is 0 Å². The zero-order chi connectivity index (χ0) is 19.7. The Morgan fingerprint density at radius 2 is 1.75 bits per heavy atom. The minimum absolute atomic E-state index is 0.504. The smallest absolute Gasteiger partial charge is 0.227 e. The third-order valence-electron chi connectivity index (χ3n) is 4.74. The average molecular weight is 374 g/mol. The van der Waals surface area contributed by atoms with Crippen molar-refractivity contribution in [1.29, 1.82) is 0 Å². The van der Waals surface area contributed by atoms with Crippen molar-refractivity contribution in [2.45, 2.75) is 6.92 Å². The number of benzene rings is 2. The molecule has 0 amide bonds. The first kappa shape index (κ1) is 17.8. The Balaban J connectivity index is 1.96. The van der Waals surface area contributed by atoms with E-state index >= 15 is 0 Å². The van der Waals surface area contributed by atoms with Crippen LogP contribution in [0.4, 0.5) is 11.8 Å². The van der Waals surface area contributed by atoms with Gasteiger partial charge in [-0.3, -0.25) is 0 Å². The average Bonchev–Trinajstić information content (AvgIpc) is 3.09. The molecule has 2 N–H and O–H groups in total. The van der Waals surface area contributed by atoms with E-state index in [9.17, 15) is 0 Å². The van der Waals surface area contributed by atoms with Crippen LogP contribution in [0.3, 0.4) is 0 Å². The predicted octanol–water partition coefficient (Wildman–Crippen LogP) is 3.53. The molecule has 0 bridgehead atoms. The van der Waals surface area contributed by atoms with Gasteiger partial charge in [0, 0.05) is 19.2 Å². The van der Waals surface area contributed by atoms with Crippen LogP contribution < -0.4 is 15.4 Å². The number of nitrogen functional groups attached to an aromatic ring is 1. The Morgan fingerprint density at radius 3 is 2.39 bits per heavy atom. The Hall–Kier alpha value is -3.61. The zero-order valence-electron chi connectivity index (χ0n) is 16.1. The van der Waals surface area contributed by atoms with E-state index in [4.69, 9.17) is 15.5 Å². The second-order valence-corrected chi connectivity index (χ2v) is 6.45. The Labute approximate surface area is 163 Å². The van der Waals surface area contributed by atoms with Gasteiger partial charge in [0.2, 0.25) is 5.95 Å². The summed E-state index contributed by atoms with van der Waals surface area (Å²) in [4.78, 5) is 11.4. The van der Waals surface area contributed by atoms with Crippen LogP contribution in [0.1, 0.15) is 6.92 Å². The molecule has 2 aromatic carbocycles. The molecule has 7 nitrogen and oxygen atoms in total. The lowest BCUT2D eigenvalue weighted by Crippen LogP contribution is -2.19. The largest absolute Gasteiger partial charge is 0.497 e. The number of hydrogen-bond donors (Lipinski definition) is 1. The van der Waals surface area contributed by atoms with Gasteiger partial charge in [0.25, 0.3) is 0 Å². The van der Waals surface area contributed by atoms with Crippen molar-refractivity contribution in [3.63, 3.8) is 0 Å². The normalized spacial score (nSPS) is 11.0. The molecule has 0 spiro atoms. The number of hydrogen-bond acceptors (Lipinski definition) is 6. The number of methoxy groups -OCH3 is 1. The first-order chi connectivity index (χ1) is 13.6. The fourth-order valence-electron chi connectivity index (χ4n) is 3.04. The highest BCUT2D eigenvalue weighted by atomic mass is 16.5. The van der Waals surface area contributed by atoms with Gasteiger partial charge in [-0.1, -0.05) is 30.3 Å². The van der Waals surface area contributed by atoms with Crippen molar-refractivity contribution < 1.29 is 4.74 Å². The van der Waals surface area contributed by atoms with E-state index in [0.29, 0.717) is 17.4 Å². The van der Waals surface area contributed by atoms with Gasteiger partial charge in [0.15, 0.2) is 5.65 Å². The number of fused-ring (bicyclic) bond motifs is 1. The lowest BCUT2D eigenvalue weighted by atomic mass is 10.1. The predicted molar refractivity (Wildman–Crippen MR) is 112 cm³/mol. The number of ether oxygens (including phenoxy) is 1. The van der Waals surface area contributed by atoms with Crippen molar-refractivity contribution in [2.24, 2.45) is 0 Å². The van der Waals surface area contributed by atoms with E-state index in [1.165, 1.54) is 0 Å². The monoisotopic (exact) mass is 374 g/mol. The first-order valence-corrected chi connectivity index (χ1v) is 9.09. The summed E-state index contributed by atoms with van der Waals surface area (Å²) in [7, 11) is 3.60. The first-order valence-electron chi connectivity index (χ1n) is 9.09. The fourth-order valence-corrected chi connectivity index (χ4v) is 3.04. The van der Waals surface area contributed by atoms with E-state index < -0.39 is 0 Å². The summed E-state index contributed by atoms with van der Waals surface area (Å²) in [5.41, 5.74) is 9.66. The van der Waals surface area contributed by atoms with Gasteiger partial charge in [-0.05, 0) is 31.2 Å². The Kier molecular flexibility index (Phi) is 4.57. The molecular weight excluding hydrogens is 352 g/mol. The van der Waals surface area contributed by atoms with Crippen LogP contribution in [0.15, 0.2) is 54.6 Å². The molecule has 2 heterocycles. The van der Waals surface area contributed by atoms with Gasteiger partial charge < -0.3 is 15.4 Å². The lowest BCUT2D eigenvalue weighted by molar-refractivity contribution is 0.414. The van der Waals surface area contributed by atoms with Gasteiger partial charge in [0.1, 0.15) is 11.6 Å². The molecular formula is C21H22N6O. The van der Waals surface area contributed by atoms with E-state index in [2.05, 4.69) is 17.0 Å². The van der Waals surface area contributed by atoms with E-state index in [1.54, 1.807) is 11.8 Å². The Bertz CT molecular complexity index is 1110. The standard InChI is InChI=1S/C21H22N6O/c1-4-26(2)21-23-18(14-8-6-5-7-9-14)17-19(22)27(25-20(17)24-21)15-10-12-16(28-3)13-11-15/h5-13H,4,22H2,1-3H3. The van der Waals surface area contributed by atoms with Crippen molar-refractivity contribution in [2.75, 3.05) is 31.3 Å². The van der Waals surface area contributed by atoms with E-state index in [0.717, 1.165) is 34.6 Å². The molecule has 0 aliphatic carbocycles. The molecule has 0 aliphatic heterocycles. The summed E-state index contributed by atoms with van der Waals surface area (Å²) in [6.07, 6.45) is 0. The number of anilines is 2. The van der Waals surface area contributed by atoms with Crippen LogP contribution >= 0.6 is 0 Å². The summed E-state index contributed by atoms with van der Waals surface area (Å²) < 4.78 is 6.93. The summed E-state index contributed by atoms with van der Waals surface area (Å²) in [5.74, 6) is 1.90. The molecule has 0 saturated carbocycles. The maximum Gasteiger partial charge on any atom is 0.227 e. The highest BCUT2D eigenvalue weighted by Gasteiger charge is 2.20. The third-order valence-corrected chi connectivity index (χ3v) is 4.74. The summed E-state index contributed by atoms with van der Waals surface area (Å²) >= 11 is 0. The third kappa shape index (κ3) is 3.00. The minimum atomic E-state index is 0.504. The summed E-state index contributed by atoms with van der Waals surface area (Å²) in [6, 6.07) is 17.6. The lowest BCUT2D eigenvalue weighted by Gasteiger charge is -2.15. The number of nitrogens with zero attached hydrogens (tertiary/aromatic N) is 5. The molecule has 4 rings (SSSR count). The zero-order valence-corrected chi connectivity index (χ0v) is 16.1. The second-order valence-electron chi connectivity index (χ2n) is 6.45. The maximum atomic E-state index is 6.51. The number of aromatic nitrogens is 4. The summed E-state index contributed by atoms with van der Waals surface area (Å²) in [5, 5.41) is 5.42. The SMILES string of the molecule is CCN(C)c1nc(-c2ccccc2)c2c(N)n(-c3ccc(OC)cc3)nc2n1. The highest BCUT2D eigenvalue weighted by Crippen LogP contribution is 2.33. The molecule has 0 unspecified atom stereocenters. The fraction of sp³-hybridized carbons (Fsp3) is 0.190.